The highest BCUT2D eigenvalue weighted by Gasteiger charge is 2.36. The van der Waals surface area contributed by atoms with Gasteiger partial charge in [-0.25, -0.2) is 10.2 Å². The minimum Gasteiger partial charge on any atom is -0.349 e. The van der Waals surface area contributed by atoms with Crippen LogP contribution in [-0.4, -0.2) is 60.0 Å². The molecule has 0 bridgehead atoms. The van der Waals surface area contributed by atoms with Crippen molar-refractivity contribution in [1.29, 1.82) is 0 Å². The summed E-state index contributed by atoms with van der Waals surface area (Å²) in [6.07, 6.45) is 6.04. The average molecular weight is 533 g/mol. The van der Waals surface area contributed by atoms with Crippen LogP contribution in [0.5, 0.6) is 0 Å². The van der Waals surface area contributed by atoms with E-state index in [1.165, 1.54) is 6.21 Å². The molecule has 4 unspecified atom stereocenters. The van der Waals surface area contributed by atoms with Crippen LogP contribution in [0.3, 0.4) is 0 Å². The number of likely N-dealkylation sites (tertiary alicyclic amines) is 1. The first kappa shape index (κ1) is 30.2. The fourth-order valence-electron chi connectivity index (χ4n) is 4.38. The van der Waals surface area contributed by atoms with Gasteiger partial charge in [-0.2, -0.15) is 5.10 Å². The lowest BCUT2D eigenvalue weighted by atomic mass is 9.97. The SMILES string of the molecule is CCCC(CCC)C(=O)NC(C)C(=O)N1CCCC1C(=O)NC/C=N/NC(=O)NC(P)c1ccccc1. The van der Waals surface area contributed by atoms with Gasteiger partial charge < -0.3 is 20.9 Å². The molecule has 0 saturated carbocycles. The number of rotatable bonds is 13. The van der Waals surface area contributed by atoms with Crippen LogP contribution in [0.4, 0.5) is 4.79 Å². The van der Waals surface area contributed by atoms with E-state index in [9.17, 15) is 19.2 Å². The lowest BCUT2D eigenvalue weighted by Gasteiger charge is -2.28. The molecule has 4 atom stereocenters. The Labute approximate surface area is 222 Å². The minimum atomic E-state index is -0.696. The fourth-order valence-corrected chi connectivity index (χ4v) is 4.75. The van der Waals surface area contributed by atoms with Gasteiger partial charge in [-0.05, 0) is 38.2 Å². The Morgan fingerprint density at radius 3 is 2.43 bits per heavy atom. The third-order valence-electron chi connectivity index (χ3n) is 6.28. The van der Waals surface area contributed by atoms with Crippen molar-refractivity contribution in [1.82, 2.24) is 26.3 Å². The molecule has 0 spiro atoms. The van der Waals surface area contributed by atoms with Gasteiger partial charge in [-0.1, -0.05) is 57.0 Å². The normalized spacial score (nSPS) is 16.9. The van der Waals surface area contributed by atoms with Crippen LogP contribution in [0.2, 0.25) is 0 Å². The lowest BCUT2D eigenvalue weighted by molar-refractivity contribution is -0.141. The van der Waals surface area contributed by atoms with E-state index in [0.717, 1.165) is 31.2 Å². The van der Waals surface area contributed by atoms with Crippen molar-refractivity contribution < 1.29 is 19.2 Å². The fraction of sp³-hybridized carbons (Fsp3) is 0.577. The summed E-state index contributed by atoms with van der Waals surface area (Å²) in [6, 6.07) is 7.71. The molecule has 1 aliphatic rings. The molecule has 1 aliphatic heterocycles. The van der Waals surface area contributed by atoms with Gasteiger partial charge in [0.25, 0.3) is 0 Å². The second kappa shape index (κ2) is 16.0. The Morgan fingerprint density at radius 2 is 1.78 bits per heavy atom. The van der Waals surface area contributed by atoms with Crippen LogP contribution in [-0.2, 0) is 14.4 Å². The number of hydrogen-bond donors (Lipinski definition) is 4. The lowest BCUT2D eigenvalue weighted by Crippen LogP contribution is -2.53. The molecular weight excluding hydrogens is 491 g/mol. The molecule has 1 saturated heterocycles. The van der Waals surface area contributed by atoms with E-state index in [-0.39, 0.29) is 36.0 Å². The van der Waals surface area contributed by atoms with Gasteiger partial charge in [0.15, 0.2) is 0 Å². The molecular formula is C26H41N6O4P. The second-order valence-corrected chi connectivity index (χ2v) is 9.89. The third kappa shape index (κ3) is 9.76. The number of urea groups is 1. The summed E-state index contributed by atoms with van der Waals surface area (Å²) in [5.74, 6) is -1.01. The minimum absolute atomic E-state index is 0.0989. The highest BCUT2D eigenvalue weighted by Crippen LogP contribution is 2.20. The maximum absolute atomic E-state index is 13.0. The summed E-state index contributed by atoms with van der Waals surface area (Å²) < 4.78 is 0. The molecule has 10 nitrogen and oxygen atoms in total. The van der Waals surface area contributed by atoms with Crippen molar-refractivity contribution in [2.75, 3.05) is 13.1 Å². The van der Waals surface area contributed by atoms with Crippen molar-refractivity contribution in [3.63, 3.8) is 0 Å². The van der Waals surface area contributed by atoms with Crippen LogP contribution in [0.25, 0.3) is 0 Å². The van der Waals surface area contributed by atoms with Crippen molar-refractivity contribution in [3.8, 4) is 0 Å². The van der Waals surface area contributed by atoms with Crippen molar-refractivity contribution >= 4 is 39.2 Å². The molecule has 2 rings (SSSR count). The standard InChI is InChI=1S/C26H41N6O4P/c1-4-10-19(11-5-2)22(33)29-18(3)25(35)32-17-9-14-21(32)23(34)27-15-16-28-31-26(36)30-24(37)20-12-7-6-8-13-20/h6-8,12-13,16,18-19,21,24H,4-5,9-11,14-15,17,37H2,1-3H3,(H,27,34)(H,29,33)(H2,30,31,36)/b28-16+. The number of benzene rings is 1. The van der Waals surface area contributed by atoms with E-state index in [0.29, 0.717) is 19.4 Å². The number of carbonyl (C=O) groups excluding carboxylic acids is 4. The van der Waals surface area contributed by atoms with E-state index >= 15 is 0 Å². The zero-order valence-electron chi connectivity index (χ0n) is 22.0. The molecule has 1 aromatic carbocycles. The summed E-state index contributed by atoms with van der Waals surface area (Å²) >= 11 is 0. The molecule has 1 fully saturated rings. The average Bonchev–Trinajstić information content (AvgIpc) is 3.38. The predicted octanol–water partition coefficient (Wildman–Crippen LogP) is 2.67. The van der Waals surface area contributed by atoms with Crippen molar-refractivity contribution in [3.05, 3.63) is 35.9 Å². The number of hydrogen-bond acceptors (Lipinski definition) is 5. The molecule has 204 valence electrons. The molecule has 4 N–H and O–H groups in total. The summed E-state index contributed by atoms with van der Waals surface area (Å²) in [5, 5.41) is 12.2. The van der Waals surface area contributed by atoms with Crippen LogP contribution in [0, 0.1) is 5.92 Å². The predicted molar refractivity (Wildman–Crippen MR) is 148 cm³/mol. The smallest absolute Gasteiger partial charge is 0.335 e. The van der Waals surface area contributed by atoms with Gasteiger partial charge in [0.1, 0.15) is 12.1 Å². The van der Waals surface area contributed by atoms with Gasteiger partial charge in [-0.3, -0.25) is 14.4 Å². The zero-order valence-corrected chi connectivity index (χ0v) is 23.2. The van der Waals surface area contributed by atoms with E-state index in [2.05, 4.69) is 35.7 Å². The largest absolute Gasteiger partial charge is 0.349 e. The Bertz CT molecular complexity index is 923. The van der Waals surface area contributed by atoms with E-state index < -0.39 is 18.1 Å². The Kier molecular flexibility index (Phi) is 13.0. The highest BCUT2D eigenvalue weighted by molar-refractivity contribution is 7.17. The monoisotopic (exact) mass is 532 g/mol. The first-order valence-corrected chi connectivity index (χ1v) is 13.7. The Morgan fingerprint density at radius 1 is 1.11 bits per heavy atom. The maximum Gasteiger partial charge on any atom is 0.335 e. The summed E-state index contributed by atoms with van der Waals surface area (Å²) in [5.41, 5.74) is 3.30. The van der Waals surface area contributed by atoms with Crippen LogP contribution in [0.1, 0.15) is 70.6 Å². The number of amides is 5. The van der Waals surface area contributed by atoms with Gasteiger partial charge in [0.05, 0.1) is 12.3 Å². The second-order valence-electron chi connectivity index (χ2n) is 9.22. The Balaban J connectivity index is 1.78. The molecule has 1 heterocycles. The third-order valence-corrected chi connectivity index (χ3v) is 6.83. The van der Waals surface area contributed by atoms with Gasteiger partial charge in [0, 0.05) is 18.7 Å². The van der Waals surface area contributed by atoms with Gasteiger partial charge in [-0.15, -0.1) is 9.24 Å². The van der Waals surface area contributed by atoms with Gasteiger partial charge in [0.2, 0.25) is 17.7 Å². The summed E-state index contributed by atoms with van der Waals surface area (Å²) in [6.45, 7) is 6.32. The highest BCUT2D eigenvalue weighted by atomic mass is 31.0. The first-order valence-electron chi connectivity index (χ1n) is 13.1. The summed E-state index contributed by atoms with van der Waals surface area (Å²) in [7, 11) is 2.55. The number of carbonyl (C=O) groups is 4. The topological polar surface area (TPSA) is 132 Å². The molecule has 0 aromatic heterocycles. The van der Waals surface area contributed by atoms with Crippen molar-refractivity contribution in [2.24, 2.45) is 11.0 Å². The van der Waals surface area contributed by atoms with E-state index in [1.54, 1.807) is 11.8 Å². The number of nitrogens with zero attached hydrogens (tertiary/aromatic N) is 2. The molecule has 11 heteroatoms. The molecule has 0 radical (unpaired) electrons. The number of nitrogens with one attached hydrogen (secondary N) is 4. The molecule has 5 amide bonds. The zero-order chi connectivity index (χ0) is 27.2. The van der Waals surface area contributed by atoms with E-state index in [1.807, 2.05) is 44.2 Å². The van der Waals surface area contributed by atoms with E-state index in [4.69, 9.17) is 0 Å². The molecule has 0 aliphatic carbocycles. The summed E-state index contributed by atoms with van der Waals surface area (Å²) in [4.78, 5) is 51.9. The van der Waals surface area contributed by atoms with Crippen LogP contribution in [0.15, 0.2) is 35.4 Å². The van der Waals surface area contributed by atoms with Gasteiger partial charge >= 0.3 is 6.03 Å². The Hall–Kier alpha value is -3.00. The van der Waals surface area contributed by atoms with Crippen molar-refractivity contribution in [2.45, 2.75) is 77.2 Å². The van der Waals surface area contributed by atoms with Crippen LogP contribution >= 0.6 is 9.24 Å². The molecule has 1 aromatic rings. The quantitative estimate of drug-likeness (QED) is 0.177. The first-order chi connectivity index (χ1) is 17.8. The van der Waals surface area contributed by atoms with Crippen LogP contribution < -0.4 is 21.4 Å². The molecule has 37 heavy (non-hydrogen) atoms. The maximum atomic E-state index is 13.0. The number of hydrazone groups is 1.